The monoisotopic (exact) mass is 416 g/mol. The molecule has 1 atom stereocenters. The Kier molecular flexibility index (Phi) is 6.42. The van der Waals surface area contributed by atoms with Gasteiger partial charge in [-0.15, -0.1) is 0 Å². The predicted molar refractivity (Wildman–Crippen MR) is 80.1 cm³/mol. The number of hydrogen-bond acceptors (Lipinski definition) is 2. The van der Waals surface area contributed by atoms with Crippen LogP contribution in [0.3, 0.4) is 0 Å². The van der Waals surface area contributed by atoms with E-state index in [1.54, 1.807) is 12.1 Å². The van der Waals surface area contributed by atoms with Gasteiger partial charge in [0.25, 0.3) is 0 Å². The van der Waals surface area contributed by atoms with E-state index in [1.165, 1.54) is 6.07 Å². The van der Waals surface area contributed by atoms with E-state index in [2.05, 4.69) is 42.5 Å². The molecule has 1 rings (SSSR count). The summed E-state index contributed by atoms with van der Waals surface area (Å²) in [5.41, 5.74) is 0.444. The first kappa shape index (κ1) is 15.8. The second kappa shape index (κ2) is 7.33. The molecule has 0 radical (unpaired) electrons. The molecular formula is C10H8Br2Cl2N2O2. The van der Waals surface area contributed by atoms with E-state index >= 15 is 0 Å². The van der Waals surface area contributed by atoms with Gasteiger partial charge in [0.15, 0.2) is 0 Å². The third kappa shape index (κ3) is 4.76. The minimum Gasteiger partial charge on any atom is -0.308 e. The standard InChI is InChI=1S/C10H8Br2Cl2N2O2/c11-4-6(12)9(17)16-10(18)15-5-1-2-7(13)8(14)3-5/h1-3,6H,4H2,(H2,15,16,17,18). The Bertz CT molecular complexity index is 471. The first-order chi connectivity index (χ1) is 8.43. The molecule has 4 nitrogen and oxygen atoms in total. The fourth-order valence-electron chi connectivity index (χ4n) is 0.997. The summed E-state index contributed by atoms with van der Waals surface area (Å²) in [6.07, 6.45) is 0. The van der Waals surface area contributed by atoms with Crippen LogP contribution >= 0.6 is 55.1 Å². The summed E-state index contributed by atoms with van der Waals surface area (Å²) in [6, 6.07) is 3.98. The van der Waals surface area contributed by atoms with E-state index in [0.29, 0.717) is 21.1 Å². The van der Waals surface area contributed by atoms with Crippen molar-refractivity contribution in [2.24, 2.45) is 0 Å². The smallest absolute Gasteiger partial charge is 0.308 e. The van der Waals surface area contributed by atoms with Gasteiger partial charge in [-0.2, -0.15) is 0 Å². The van der Waals surface area contributed by atoms with E-state index in [0.717, 1.165) is 0 Å². The third-order valence-electron chi connectivity index (χ3n) is 1.83. The van der Waals surface area contributed by atoms with Crippen molar-refractivity contribution in [1.82, 2.24) is 5.32 Å². The molecular weight excluding hydrogens is 411 g/mol. The number of hydrogen-bond donors (Lipinski definition) is 2. The Morgan fingerprint density at radius 1 is 1.28 bits per heavy atom. The molecule has 18 heavy (non-hydrogen) atoms. The lowest BCUT2D eigenvalue weighted by Crippen LogP contribution is -2.39. The Morgan fingerprint density at radius 2 is 1.94 bits per heavy atom. The topological polar surface area (TPSA) is 58.2 Å². The molecule has 98 valence electrons. The number of anilines is 1. The molecule has 0 aliphatic heterocycles. The fourth-order valence-corrected chi connectivity index (χ4v) is 1.70. The summed E-state index contributed by atoms with van der Waals surface area (Å²) >= 11 is 17.7. The molecule has 2 N–H and O–H groups in total. The molecule has 8 heteroatoms. The summed E-state index contributed by atoms with van der Waals surface area (Å²) in [6.45, 7) is 0. The van der Waals surface area contributed by atoms with E-state index in [4.69, 9.17) is 23.2 Å². The number of imide groups is 1. The number of alkyl halides is 2. The van der Waals surface area contributed by atoms with Crippen LogP contribution in [-0.2, 0) is 4.79 Å². The van der Waals surface area contributed by atoms with E-state index < -0.39 is 16.8 Å². The maximum Gasteiger partial charge on any atom is 0.325 e. The number of rotatable bonds is 3. The SMILES string of the molecule is O=C(NC(=O)C(Br)CBr)Nc1ccc(Cl)c(Cl)c1. The van der Waals surface area contributed by atoms with E-state index in [9.17, 15) is 9.59 Å². The van der Waals surface area contributed by atoms with Gasteiger partial charge >= 0.3 is 6.03 Å². The van der Waals surface area contributed by atoms with Crippen LogP contribution in [-0.4, -0.2) is 22.1 Å². The minimum absolute atomic E-state index is 0.319. The summed E-state index contributed by atoms with van der Waals surface area (Å²) in [5.74, 6) is -0.440. The molecule has 0 saturated heterocycles. The van der Waals surface area contributed by atoms with E-state index in [1.807, 2.05) is 0 Å². The molecule has 0 spiro atoms. The summed E-state index contributed by atoms with van der Waals surface area (Å²) in [5, 5.41) is 5.75. The summed E-state index contributed by atoms with van der Waals surface area (Å²) in [4.78, 5) is 22.4. The number of benzene rings is 1. The number of nitrogens with one attached hydrogen (secondary N) is 2. The van der Waals surface area contributed by atoms with Gasteiger partial charge in [-0.1, -0.05) is 55.1 Å². The molecule has 0 aliphatic carbocycles. The molecule has 0 aliphatic rings. The lowest BCUT2D eigenvalue weighted by atomic mass is 10.3. The molecule has 0 fully saturated rings. The van der Waals surface area contributed by atoms with Crippen LogP contribution in [0.1, 0.15) is 0 Å². The first-order valence-electron chi connectivity index (χ1n) is 4.71. The van der Waals surface area contributed by atoms with Crippen LogP contribution in [0.4, 0.5) is 10.5 Å². The number of amides is 3. The normalized spacial score (nSPS) is 11.8. The van der Waals surface area contributed by atoms with Crippen LogP contribution < -0.4 is 10.6 Å². The van der Waals surface area contributed by atoms with Crippen molar-refractivity contribution in [2.45, 2.75) is 4.83 Å². The lowest BCUT2D eigenvalue weighted by molar-refractivity contribution is -0.118. The molecule has 3 amide bonds. The summed E-state index contributed by atoms with van der Waals surface area (Å²) in [7, 11) is 0. The Balaban J connectivity index is 2.59. The highest BCUT2D eigenvalue weighted by molar-refractivity contribution is 9.12. The molecule has 0 saturated carbocycles. The van der Waals surface area contributed by atoms with Gasteiger partial charge in [-0.05, 0) is 18.2 Å². The lowest BCUT2D eigenvalue weighted by Gasteiger charge is -2.09. The van der Waals surface area contributed by atoms with Crippen molar-refractivity contribution in [1.29, 1.82) is 0 Å². The maximum atomic E-state index is 11.5. The minimum atomic E-state index is -0.635. The van der Waals surface area contributed by atoms with Gasteiger partial charge in [0.2, 0.25) is 5.91 Å². The Hall–Kier alpha value is -0.300. The quantitative estimate of drug-likeness (QED) is 0.733. The highest BCUT2D eigenvalue weighted by Crippen LogP contribution is 2.24. The number of urea groups is 1. The van der Waals surface area contributed by atoms with Crippen LogP contribution in [0.15, 0.2) is 18.2 Å². The molecule has 1 aromatic rings. The van der Waals surface area contributed by atoms with Crippen molar-refractivity contribution >= 4 is 72.7 Å². The zero-order valence-electron chi connectivity index (χ0n) is 8.84. The first-order valence-corrected chi connectivity index (χ1v) is 7.50. The van der Waals surface area contributed by atoms with Gasteiger partial charge < -0.3 is 5.32 Å². The highest BCUT2D eigenvalue weighted by atomic mass is 79.9. The second-order valence-electron chi connectivity index (χ2n) is 3.19. The van der Waals surface area contributed by atoms with Crippen molar-refractivity contribution in [2.75, 3.05) is 10.6 Å². The Labute approximate surface area is 131 Å². The van der Waals surface area contributed by atoms with Gasteiger partial charge in [0.1, 0.15) is 4.83 Å². The highest BCUT2D eigenvalue weighted by Gasteiger charge is 2.16. The summed E-state index contributed by atoms with van der Waals surface area (Å²) < 4.78 is 0. The van der Waals surface area contributed by atoms with Crippen molar-refractivity contribution in [3.8, 4) is 0 Å². The second-order valence-corrected chi connectivity index (χ2v) is 5.76. The molecule has 0 heterocycles. The average Bonchev–Trinajstić information content (AvgIpc) is 2.32. The predicted octanol–water partition coefficient (Wildman–Crippen LogP) is 3.80. The fraction of sp³-hybridized carbons (Fsp3) is 0.200. The van der Waals surface area contributed by atoms with Crippen LogP contribution in [0, 0.1) is 0 Å². The average molecular weight is 419 g/mol. The molecule has 1 unspecified atom stereocenters. The third-order valence-corrected chi connectivity index (χ3v) is 4.83. The van der Waals surface area contributed by atoms with Crippen LogP contribution in [0.25, 0.3) is 0 Å². The van der Waals surface area contributed by atoms with Crippen molar-refractivity contribution < 1.29 is 9.59 Å². The van der Waals surface area contributed by atoms with Gasteiger partial charge in [-0.25, -0.2) is 4.79 Å². The molecule has 0 bridgehead atoms. The zero-order chi connectivity index (χ0) is 13.7. The molecule has 1 aromatic carbocycles. The Morgan fingerprint density at radius 3 is 2.50 bits per heavy atom. The number of carbonyl (C=O) groups excluding carboxylic acids is 2. The van der Waals surface area contributed by atoms with Gasteiger partial charge in [-0.3, -0.25) is 10.1 Å². The van der Waals surface area contributed by atoms with Gasteiger partial charge in [0, 0.05) is 11.0 Å². The van der Waals surface area contributed by atoms with Gasteiger partial charge in [0.05, 0.1) is 10.0 Å². The van der Waals surface area contributed by atoms with E-state index in [-0.39, 0.29) is 0 Å². The number of halogens is 4. The largest absolute Gasteiger partial charge is 0.325 e. The maximum absolute atomic E-state index is 11.5. The van der Waals surface area contributed by atoms with Crippen molar-refractivity contribution in [3.63, 3.8) is 0 Å². The van der Waals surface area contributed by atoms with Crippen LogP contribution in [0.2, 0.25) is 10.0 Å². The zero-order valence-corrected chi connectivity index (χ0v) is 13.5. The molecule has 0 aromatic heterocycles. The van der Waals surface area contributed by atoms with Crippen LogP contribution in [0.5, 0.6) is 0 Å². The number of carbonyl (C=O) groups is 2. The van der Waals surface area contributed by atoms with Crippen molar-refractivity contribution in [3.05, 3.63) is 28.2 Å².